The summed E-state index contributed by atoms with van der Waals surface area (Å²) in [6, 6.07) is 12.9. The number of rotatable bonds is 0. The summed E-state index contributed by atoms with van der Waals surface area (Å²) in [6.45, 7) is 1.93. The Bertz CT molecular complexity index is 457. The Morgan fingerprint density at radius 1 is 0.933 bits per heavy atom. The van der Waals surface area contributed by atoms with E-state index in [0.29, 0.717) is 0 Å². The molecular weight excluding hydrogens is 184 g/mol. The zero-order valence-electron chi connectivity index (χ0n) is 8.77. The Labute approximate surface area is 89.7 Å². The van der Waals surface area contributed by atoms with Crippen molar-refractivity contribution in [1.29, 1.82) is 0 Å². The standard InChI is InChI=1S/C12H8.C2H6O/c1-3-9-4-2-6-11-8-7-10(5-1)12(9)11;1-2-3/h1-8H;3H,2H2,1H3. The lowest BCUT2D eigenvalue weighted by atomic mass is 10.0. The maximum absolute atomic E-state index is 7.57. The molecule has 1 aliphatic carbocycles. The second-order valence-corrected chi connectivity index (χ2v) is 3.44. The fraction of sp³-hybridized carbons (Fsp3) is 0.143. The first-order valence-corrected chi connectivity index (χ1v) is 5.17. The van der Waals surface area contributed by atoms with Crippen LogP contribution >= 0.6 is 0 Å². The van der Waals surface area contributed by atoms with Crippen LogP contribution in [0.15, 0.2) is 36.4 Å². The summed E-state index contributed by atoms with van der Waals surface area (Å²) in [6.07, 6.45) is 4.36. The number of aliphatic hydroxyl groups is 1. The largest absolute Gasteiger partial charge is 0.397 e. The van der Waals surface area contributed by atoms with Gasteiger partial charge in [-0.15, -0.1) is 0 Å². The van der Waals surface area contributed by atoms with Crippen molar-refractivity contribution in [3.05, 3.63) is 47.5 Å². The van der Waals surface area contributed by atoms with Crippen molar-refractivity contribution in [3.8, 4) is 0 Å². The highest BCUT2D eigenvalue weighted by molar-refractivity contribution is 6.04. The molecule has 3 rings (SSSR count). The molecule has 2 aromatic rings. The van der Waals surface area contributed by atoms with Crippen molar-refractivity contribution < 1.29 is 5.11 Å². The number of aliphatic hydroxyl groups excluding tert-OH is 1. The van der Waals surface area contributed by atoms with Crippen LogP contribution in [0.25, 0.3) is 22.9 Å². The fourth-order valence-corrected chi connectivity index (χ4v) is 1.86. The van der Waals surface area contributed by atoms with Crippen molar-refractivity contribution in [1.82, 2.24) is 0 Å². The maximum Gasteiger partial charge on any atom is 0.0402 e. The van der Waals surface area contributed by atoms with Gasteiger partial charge in [-0.3, -0.25) is 0 Å². The van der Waals surface area contributed by atoms with E-state index in [1.807, 2.05) is 0 Å². The van der Waals surface area contributed by atoms with Crippen molar-refractivity contribution in [2.45, 2.75) is 6.92 Å². The number of hydrogen-bond acceptors (Lipinski definition) is 1. The van der Waals surface area contributed by atoms with Crippen LogP contribution in [0.3, 0.4) is 0 Å². The van der Waals surface area contributed by atoms with Gasteiger partial charge >= 0.3 is 0 Å². The molecule has 1 nitrogen and oxygen atoms in total. The molecular formula is C14H14O. The minimum Gasteiger partial charge on any atom is -0.397 e. The van der Waals surface area contributed by atoms with Crippen molar-refractivity contribution in [3.63, 3.8) is 0 Å². The molecule has 0 fully saturated rings. The normalized spacial score (nSPS) is 11.3. The topological polar surface area (TPSA) is 20.2 Å². The van der Waals surface area contributed by atoms with Crippen LogP contribution in [0.4, 0.5) is 0 Å². The summed E-state index contributed by atoms with van der Waals surface area (Å²) in [5.74, 6) is 0. The first-order chi connectivity index (χ1) is 7.36. The second kappa shape index (κ2) is 4.28. The van der Waals surface area contributed by atoms with E-state index in [0.717, 1.165) is 0 Å². The molecule has 0 saturated carbocycles. The highest BCUT2D eigenvalue weighted by Crippen LogP contribution is 2.30. The van der Waals surface area contributed by atoms with Gasteiger partial charge in [0.2, 0.25) is 0 Å². The lowest BCUT2D eigenvalue weighted by Crippen LogP contribution is -1.76. The average molecular weight is 198 g/mol. The van der Waals surface area contributed by atoms with Gasteiger partial charge < -0.3 is 5.11 Å². The van der Waals surface area contributed by atoms with E-state index in [4.69, 9.17) is 5.11 Å². The molecule has 1 heteroatoms. The molecule has 1 aliphatic rings. The zero-order valence-corrected chi connectivity index (χ0v) is 8.77. The van der Waals surface area contributed by atoms with Gasteiger partial charge in [0.1, 0.15) is 0 Å². The van der Waals surface area contributed by atoms with Crippen LogP contribution < -0.4 is 0 Å². The van der Waals surface area contributed by atoms with Crippen LogP contribution in [0.2, 0.25) is 0 Å². The lowest BCUT2D eigenvalue weighted by Gasteiger charge is -1.99. The van der Waals surface area contributed by atoms with Gasteiger partial charge in [0.25, 0.3) is 0 Å². The second-order valence-electron chi connectivity index (χ2n) is 3.44. The molecule has 0 atom stereocenters. The number of benzene rings is 2. The monoisotopic (exact) mass is 198 g/mol. The molecule has 0 unspecified atom stereocenters. The van der Waals surface area contributed by atoms with E-state index in [9.17, 15) is 0 Å². The smallest absolute Gasteiger partial charge is 0.0402 e. The van der Waals surface area contributed by atoms with E-state index in [1.54, 1.807) is 6.92 Å². The predicted octanol–water partition coefficient (Wildman–Crippen LogP) is 3.32. The third kappa shape index (κ3) is 1.79. The van der Waals surface area contributed by atoms with Crippen LogP contribution in [0.5, 0.6) is 0 Å². The van der Waals surface area contributed by atoms with E-state index < -0.39 is 0 Å². The van der Waals surface area contributed by atoms with E-state index >= 15 is 0 Å². The van der Waals surface area contributed by atoms with Crippen molar-refractivity contribution in [2.24, 2.45) is 0 Å². The van der Waals surface area contributed by atoms with Crippen LogP contribution in [-0.4, -0.2) is 11.7 Å². The first kappa shape index (κ1) is 9.94. The van der Waals surface area contributed by atoms with Crippen molar-refractivity contribution in [2.75, 3.05) is 6.61 Å². The lowest BCUT2D eigenvalue weighted by molar-refractivity contribution is 0.318. The molecule has 0 bridgehead atoms. The molecule has 0 aromatic heterocycles. The maximum atomic E-state index is 7.57. The van der Waals surface area contributed by atoms with Crippen molar-refractivity contribution >= 4 is 22.9 Å². The minimum absolute atomic E-state index is 0.250. The fourth-order valence-electron chi connectivity index (χ4n) is 1.86. The van der Waals surface area contributed by atoms with E-state index in [-0.39, 0.29) is 6.61 Å². The quantitative estimate of drug-likeness (QED) is 0.587. The highest BCUT2D eigenvalue weighted by atomic mass is 16.2. The van der Waals surface area contributed by atoms with Gasteiger partial charge in [-0.2, -0.15) is 0 Å². The van der Waals surface area contributed by atoms with Crippen LogP contribution in [0, 0.1) is 0 Å². The SMILES string of the molecule is C1=Cc2cccc3cccc1c23.CCO. The highest BCUT2D eigenvalue weighted by Gasteiger charge is 2.06. The molecule has 76 valence electrons. The van der Waals surface area contributed by atoms with Gasteiger partial charge in [0.05, 0.1) is 0 Å². The minimum atomic E-state index is 0.250. The third-order valence-corrected chi connectivity index (χ3v) is 2.41. The summed E-state index contributed by atoms with van der Waals surface area (Å²) in [7, 11) is 0. The molecule has 2 aromatic carbocycles. The zero-order chi connectivity index (χ0) is 10.7. The van der Waals surface area contributed by atoms with Gasteiger partial charge in [-0.05, 0) is 28.8 Å². The summed E-state index contributed by atoms with van der Waals surface area (Å²) >= 11 is 0. The summed E-state index contributed by atoms with van der Waals surface area (Å²) in [5, 5.41) is 10.3. The molecule has 0 spiro atoms. The van der Waals surface area contributed by atoms with E-state index in [2.05, 4.69) is 48.6 Å². The Morgan fingerprint density at radius 2 is 1.40 bits per heavy atom. The average Bonchev–Trinajstić information content (AvgIpc) is 2.66. The molecule has 15 heavy (non-hydrogen) atoms. The number of hydrogen-bond donors (Lipinski definition) is 1. The van der Waals surface area contributed by atoms with Crippen LogP contribution in [0.1, 0.15) is 18.1 Å². The molecule has 0 heterocycles. The Morgan fingerprint density at radius 3 is 1.87 bits per heavy atom. The summed E-state index contributed by atoms with van der Waals surface area (Å²) < 4.78 is 0. The molecule has 0 amide bonds. The summed E-state index contributed by atoms with van der Waals surface area (Å²) in [4.78, 5) is 0. The molecule has 1 N–H and O–H groups in total. The Hall–Kier alpha value is -1.60. The van der Waals surface area contributed by atoms with Gasteiger partial charge in [0, 0.05) is 6.61 Å². The van der Waals surface area contributed by atoms with Gasteiger partial charge in [-0.1, -0.05) is 48.6 Å². The molecule has 0 aliphatic heterocycles. The Kier molecular flexibility index (Phi) is 2.84. The molecule has 0 saturated heterocycles. The predicted molar refractivity (Wildman–Crippen MR) is 65.6 cm³/mol. The molecule has 0 radical (unpaired) electrons. The van der Waals surface area contributed by atoms with Gasteiger partial charge in [0.15, 0.2) is 0 Å². The van der Waals surface area contributed by atoms with E-state index in [1.165, 1.54) is 21.9 Å². The summed E-state index contributed by atoms with van der Waals surface area (Å²) in [5.41, 5.74) is 2.70. The van der Waals surface area contributed by atoms with Gasteiger partial charge in [-0.25, -0.2) is 0 Å². The third-order valence-electron chi connectivity index (χ3n) is 2.41. The Balaban J connectivity index is 0.000000258. The first-order valence-electron chi connectivity index (χ1n) is 5.17. The van der Waals surface area contributed by atoms with Crippen LogP contribution in [-0.2, 0) is 0 Å².